The fourth-order valence-corrected chi connectivity index (χ4v) is 3.70. The van der Waals surface area contributed by atoms with Crippen LogP contribution in [0.4, 0.5) is 18.9 Å². The maximum Gasteiger partial charge on any atom is 0.417 e. The molecule has 0 radical (unpaired) electrons. The van der Waals surface area contributed by atoms with Gasteiger partial charge in [0, 0.05) is 29.2 Å². The SMILES string of the molecule is CC(C)N(c1ccc2c(C(F)(F)F)c(-c3ccccc3)c(=O)oc2c1)C(C)C. The predicted octanol–water partition coefficient (Wildman–Crippen LogP) is 6.10. The van der Waals surface area contributed by atoms with E-state index >= 15 is 0 Å². The zero-order chi connectivity index (χ0) is 20.6. The van der Waals surface area contributed by atoms with Gasteiger partial charge in [-0.1, -0.05) is 30.3 Å². The van der Waals surface area contributed by atoms with Crippen LogP contribution in [0.15, 0.2) is 57.7 Å². The summed E-state index contributed by atoms with van der Waals surface area (Å²) in [6.45, 7) is 8.00. The van der Waals surface area contributed by atoms with E-state index in [0.29, 0.717) is 5.69 Å². The minimum Gasteiger partial charge on any atom is -0.422 e. The van der Waals surface area contributed by atoms with Gasteiger partial charge in [0.05, 0.1) is 11.1 Å². The Morgan fingerprint density at radius 2 is 1.54 bits per heavy atom. The zero-order valence-corrected chi connectivity index (χ0v) is 16.2. The highest BCUT2D eigenvalue weighted by Crippen LogP contribution is 2.41. The molecule has 0 saturated heterocycles. The molecule has 0 aliphatic carbocycles. The van der Waals surface area contributed by atoms with Crippen LogP contribution in [0, 0.1) is 0 Å². The predicted molar refractivity (Wildman–Crippen MR) is 106 cm³/mol. The van der Waals surface area contributed by atoms with E-state index in [2.05, 4.69) is 4.90 Å². The minimum atomic E-state index is -4.70. The summed E-state index contributed by atoms with van der Waals surface area (Å²) >= 11 is 0. The summed E-state index contributed by atoms with van der Waals surface area (Å²) < 4.78 is 47.3. The van der Waals surface area contributed by atoms with Gasteiger partial charge in [-0.05, 0) is 45.4 Å². The summed E-state index contributed by atoms with van der Waals surface area (Å²) in [6, 6.07) is 12.6. The molecule has 3 rings (SSSR count). The lowest BCUT2D eigenvalue weighted by atomic mass is 9.97. The minimum absolute atomic E-state index is 0.0687. The first-order valence-electron chi connectivity index (χ1n) is 9.13. The molecule has 28 heavy (non-hydrogen) atoms. The maximum atomic E-state index is 14.0. The second-order valence-corrected chi connectivity index (χ2v) is 7.28. The van der Waals surface area contributed by atoms with Crippen molar-refractivity contribution in [1.29, 1.82) is 0 Å². The number of nitrogens with zero attached hydrogens (tertiary/aromatic N) is 1. The van der Waals surface area contributed by atoms with Crippen molar-refractivity contribution >= 4 is 16.7 Å². The summed E-state index contributed by atoms with van der Waals surface area (Å²) in [4.78, 5) is 14.6. The Morgan fingerprint density at radius 3 is 2.07 bits per heavy atom. The summed E-state index contributed by atoms with van der Waals surface area (Å²) in [5.74, 6) is 0. The van der Waals surface area contributed by atoms with Crippen molar-refractivity contribution in [3.8, 4) is 11.1 Å². The van der Waals surface area contributed by atoms with Crippen LogP contribution in [0.1, 0.15) is 33.3 Å². The van der Waals surface area contributed by atoms with Gasteiger partial charge in [-0.15, -0.1) is 0 Å². The number of alkyl halides is 3. The lowest BCUT2D eigenvalue weighted by molar-refractivity contribution is -0.136. The van der Waals surface area contributed by atoms with Gasteiger partial charge >= 0.3 is 11.8 Å². The van der Waals surface area contributed by atoms with Gasteiger partial charge in [0.2, 0.25) is 0 Å². The van der Waals surface area contributed by atoms with Crippen LogP contribution >= 0.6 is 0 Å². The Morgan fingerprint density at radius 1 is 0.929 bits per heavy atom. The van der Waals surface area contributed by atoms with Crippen molar-refractivity contribution in [1.82, 2.24) is 0 Å². The van der Waals surface area contributed by atoms with Crippen molar-refractivity contribution < 1.29 is 17.6 Å². The van der Waals surface area contributed by atoms with Crippen LogP contribution in [0.5, 0.6) is 0 Å². The third-order valence-corrected chi connectivity index (χ3v) is 4.65. The second-order valence-electron chi connectivity index (χ2n) is 7.28. The molecular formula is C22H22F3NO2. The molecule has 0 fully saturated rings. The number of rotatable bonds is 4. The van der Waals surface area contributed by atoms with Crippen LogP contribution < -0.4 is 10.5 Å². The van der Waals surface area contributed by atoms with Crippen LogP contribution in [0.2, 0.25) is 0 Å². The van der Waals surface area contributed by atoms with Crippen molar-refractivity contribution in [3.05, 3.63) is 64.5 Å². The molecule has 148 valence electrons. The quantitative estimate of drug-likeness (QED) is 0.506. The normalized spacial score (nSPS) is 12.2. The fourth-order valence-electron chi connectivity index (χ4n) is 3.70. The first-order valence-corrected chi connectivity index (χ1v) is 9.13. The monoisotopic (exact) mass is 389 g/mol. The van der Waals surface area contributed by atoms with Crippen LogP contribution in [0.3, 0.4) is 0 Å². The molecular weight excluding hydrogens is 367 g/mol. The highest BCUT2D eigenvalue weighted by atomic mass is 19.4. The van der Waals surface area contributed by atoms with E-state index in [1.165, 1.54) is 24.3 Å². The van der Waals surface area contributed by atoms with E-state index in [0.717, 1.165) is 0 Å². The summed E-state index contributed by atoms with van der Waals surface area (Å²) in [5.41, 5.74) is -1.60. The Balaban J connectivity index is 2.34. The summed E-state index contributed by atoms with van der Waals surface area (Å²) in [6.07, 6.45) is -4.70. The number of fused-ring (bicyclic) bond motifs is 1. The molecule has 0 saturated carbocycles. The maximum absolute atomic E-state index is 14.0. The van der Waals surface area contributed by atoms with Crippen LogP contribution in [0.25, 0.3) is 22.1 Å². The van der Waals surface area contributed by atoms with Crippen molar-refractivity contribution in [2.24, 2.45) is 0 Å². The molecule has 1 aromatic heterocycles. The number of halogens is 3. The average Bonchev–Trinajstić information content (AvgIpc) is 2.59. The molecule has 3 nitrogen and oxygen atoms in total. The van der Waals surface area contributed by atoms with Gasteiger partial charge in [0.1, 0.15) is 5.58 Å². The van der Waals surface area contributed by atoms with Crippen LogP contribution in [-0.2, 0) is 6.18 Å². The van der Waals surface area contributed by atoms with Gasteiger partial charge in [-0.3, -0.25) is 0 Å². The van der Waals surface area contributed by atoms with E-state index in [1.54, 1.807) is 24.3 Å². The molecule has 3 aromatic rings. The fraction of sp³-hybridized carbons (Fsp3) is 0.318. The Labute approximate surface area is 161 Å². The van der Waals surface area contributed by atoms with E-state index in [4.69, 9.17) is 4.42 Å². The number of hydrogen-bond acceptors (Lipinski definition) is 3. The number of anilines is 1. The van der Waals surface area contributed by atoms with Gasteiger partial charge < -0.3 is 9.32 Å². The third-order valence-electron chi connectivity index (χ3n) is 4.65. The van der Waals surface area contributed by atoms with Gasteiger partial charge in [0.25, 0.3) is 0 Å². The van der Waals surface area contributed by atoms with Gasteiger partial charge in [-0.2, -0.15) is 13.2 Å². The molecule has 0 aliphatic rings. The first kappa shape index (κ1) is 20.0. The lowest BCUT2D eigenvalue weighted by Gasteiger charge is -2.33. The van der Waals surface area contributed by atoms with E-state index < -0.39 is 22.9 Å². The Kier molecular flexibility index (Phi) is 5.24. The lowest BCUT2D eigenvalue weighted by Crippen LogP contribution is -2.36. The molecule has 0 bridgehead atoms. The average molecular weight is 389 g/mol. The third kappa shape index (κ3) is 3.63. The summed E-state index contributed by atoms with van der Waals surface area (Å²) in [7, 11) is 0. The topological polar surface area (TPSA) is 33.5 Å². The zero-order valence-electron chi connectivity index (χ0n) is 16.2. The second kappa shape index (κ2) is 7.34. The molecule has 2 aromatic carbocycles. The Hall–Kier alpha value is -2.76. The van der Waals surface area contributed by atoms with Gasteiger partial charge in [-0.25, -0.2) is 4.79 Å². The number of benzene rings is 2. The molecule has 0 N–H and O–H groups in total. The molecule has 1 heterocycles. The highest BCUT2D eigenvalue weighted by Gasteiger charge is 2.38. The van der Waals surface area contributed by atoms with Gasteiger partial charge in [0.15, 0.2) is 0 Å². The molecule has 0 unspecified atom stereocenters. The largest absolute Gasteiger partial charge is 0.422 e. The standard InChI is InChI=1S/C22H22F3NO2/c1-13(2)26(14(3)4)16-10-11-17-18(12-16)28-21(27)19(20(17)22(23,24)25)15-8-6-5-7-9-15/h5-14H,1-4H3. The van der Waals surface area contributed by atoms with E-state index in [-0.39, 0.29) is 28.6 Å². The number of hydrogen-bond donors (Lipinski definition) is 0. The van der Waals surface area contributed by atoms with Crippen molar-refractivity contribution in [2.75, 3.05) is 4.90 Å². The van der Waals surface area contributed by atoms with Crippen LogP contribution in [-0.4, -0.2) is 12.1 Å². The molecule has 0 amide bonds. The highest BCUT2D eigenvalue weighted by molar-refractivity contribution is 5.89. The van der Waals surface area contributed by atoms with Crippen molar-refractivity contribution in [3.63, 3.8) is 0 Å². The molecule has 0 spiro atoms. The first-order chi connectivity index (χ1) is 13.1. The molecule has 0 atom stereocenters. The van der Waals surface area contributed by atoms with Crippen molar-refractivity contribution in [2.45, 2.75) is 46.0 Å². The molecule has 6 heteroatoms. The van der Waals surface area contributed by atoms with E-state index in [1.807, 2.05) is 27.7 Å². The molecule has 0 aliphatic heterocycles. The summed E-state index contributed by atoms with van der Waals surface area (Å²) in [5, 5.41) is -0.123. The Bertz CT molecular complexity index is 1030. The smallest absolute Gasteiger partial charge is 0.417 e. The van der Waals surface area contributed by atoms with E-state index in [9.17, 15) is 18.0 Å².